The molecule has 118 valence electrons. The summed E-state index contributed by atoms with van der Waals surface area (Å²) in [6.07, 6.45) is 0. The van der Waals surface area contributed by atoms with Crippen LogP contribution in [0, 0.1) is 19.8 Å². The molecule has 0 aromatic heterocycles. The molecule has 0 heterocycles. The first kappa shape index (κ1) is 17.5. The normalized spacial score (nSPS) is 13.2. The Morgan fingerprint density at radius 2 is 1.76 bits per heavy atom. The van der Waals surface area contributed by atoms with Crippen LogP contribution < -0.4 is 9.46 Å². The van der Waals surface area contributed by atoms with Gasteiger partial charge < -0.3 is 9.84 Å². The average molecular weight is 315 g/mol. The zero-order valence-corrected chi connectivity index (χ0v) is 13.6. The van der Waals surface area contributed by atoms with Crippen molar-refractivity contribution >= 4 is 16.0 Å². The molecule has 0 saturated carbocycles. The van der Waals surface area contributed by atoms with Crippen LogP contribution in [-0.2, 0) is 14.8 Å². The summed E-state index contributed by atoms with van der Waals surface area (Å²) in [4.78, 5) is 11.1. The lowest BCUT2D eigenvalue weighted by atomic mass is 10.1. The fourth-order valence-electron chi connectivity index (χ4n) is 1.84. The summed E-state index contributed by atoms with van der Waals surface area (Å²) < 4.78 is 32.2. The second-order valence-corrected chi connectivity index (χ2v) is 6.95. The molecule has 0 fully saturated rings. The summed E-state index contributed by atoms with van der Waals surface area (Å²) in [5, 5.41) is 9.12. The van der Waals surface area contributed by atoms with E-state index in [0.29, 0.717) is 0 Å². The smallest absolute Gasteiger partial charge is 0.322 e. The molecular formula is C14H21NO5S. The Morgan fingerprint density at radius 3 is 2.19 bits per heavy atom. The van der Waals surface area contributed by atoms with Gasteiger partial charge in [-0.15, -0.1) is 0 Å². The van der Waals surface area contributed by atoms with Gasteiger partial charge in [0.15, 0.2) is 0 Å². The molecule has 0 aliphatic heterocycles. The zero-order chi connectivity index (χ0) is 16.4. The van der Waals surface area contributed by atoms with E-state index >= 15 is 0 Å². The van der Waals surface area contributed by atoms with Crippen molar-refractivity contribution in [3.63, 3.8) is 0 Å². The highest BCUT2D eigenvalue weighted by atomic mass is 32.2. The molecule has 6 nitrogen and oxygen atoms in total. The standard InChI is InChI=1S/C14H21NO5S/c1-8(2)13(14(16)17)15-21(18,19)12-7-10(4)9(3)6-11(12)20-5/h6-8,13,15H,1-5H3,(H,16,17)/t13-/m0/s1. The third-order valence-corrected chi connectivity index (χ3v) is 4.75. The number of hydrogen-bond acceptors (Lipinski definition) is 4. The molecule has 7 heteroatoms. The number of nitrogens with one attached hydrogen (secondary N) is 1. The van der Waals surface area contributed by atoms with E-state index < -0.39 is 22.0 Å². The molecule has 1 atom stereocenters. The second kappa shape index (κ2) is 6.44. The summed E-state index contributed by atoms with van der Waals surface area (Å²) in [6, 6.07) is 1.91. The highest BCUT2D eigenvalue weighted by Crippen LogP contribution is 2.27. The van der Waals surface area contributed by atoms with Crippen LogP contribution in [0.15, 0.2) is 17.0 Å². The van der Waals surface area contributed by atoms with E-state index in [1.54, 1.807) is 26.8 Å². The van der Waals surface area contributed by atoms with Crippen LogP contribution >= 0.6 is 0 Å². The predicted octanol–water partition coefficient (Wildman–Crippen LogP) is 1.70. The summed E-state index contributed by atoms with van der Waals surface area (Å²) in [5.41, 5.74) is 1.68. The molecular weight excluding hydrogens is 294 g/mol. The lowest BCUT2D eigenvalue weighted by Gasteiger charge is -2.19. The molecule has 1 rings (SSSR count). The Kier molecular flexibility index (Phi) is 5.36. The van der Waals surface area contributed by atoms with E-state index in [0.717, 1.165) is 11.1 Å². The van der Waals surface area contributed by atoms with Gasteiger partial charge in [-0.3, -0.25) is 4.79 Å². The maximum atomic E-state index is 12.4. The summed E-state index contributed by atoms with van der Waals surface area (Å²) in [6.45, 7) is 6.90. The molecule has 0 radical (unpaired) electrons. The van der Waals surface area contributed by atoms with Crippen molar-refractivity contribution in [1.82, 2.24) is 4.72 Å². The number of aryl methyl sites for hydroxylation is 2. The van der Waals surface area contributed by atoms with E-state index in [2.05, 4.69) is 4.72 Å². The summed E-state index contributed by atoms with van der Waals surface area (Å²) >= 11 is 0. The van der Waals surface area contributed by atoms with Crippen LogP contribution in [0.3, 0.4) is 0 Å². The van der Waals surface area contributed by atoms with Crippen LogP contribution in [0.5, 0.6) is 5.75 Å². The maximum absolute atomic E-state index is 12.4. The first-order valence-corrected chi connectivity index (χ1v) is 7.98. The first-order chi connectivity index (χ1) is 9.60. The highest BCUT2D eigenvalue weighted by Gasteiger charge is 2.30. The first-order valence-electron chi connectivity index (χ1n) is 6.50. The lowest BCUT2D eigenvalue weighted by molar-refractivity contribution is -0.140. The van der Waals surface area contributed by atoms with E-state index in [1.807, 2.05) is 6.92 Å². The topological polar surface area (TPSA) is 92.7 Å². The van der Waals surface area contributed by atoms with Gasteiger partial charge in [0, 0.05) is 0 Å². The van der Waals surface area contributed by atoms with Crippen molar-refractivity contribution in [3.8, 4) is 5.75 Å². The third kappa shape index (κ3) is 3.95. The van der Waals surface area contributed by atoms with Gasteiger partial charge in [0.25, 0.3) is 0 Å². The Hall–Kier alpha value is -1.60. The van der Waals surface area contributed by atoms with Crippen molar-refractivity contribution in [1.29, 1.82) is 0 Å². The van der Waals surface area contributed by atoms with Crippen molar-refractivity contribution in [2.24, 2.45) is 5.92 Å². The number of ether oxygens (including phenoxy) is 1. The molecule has 0 aliphatic carbocycles. The molecule has 0 spiro atoms. The third-order valence-electron chi connectivity index (χ3n) is 3.28. The summed E-state index contributed by atoms with van der Waals surface area (Å²) in [5.74, 6) is -1.40. The Labute approximate surface area is 125 Å². The molecule has 0 bridgehead atoms. The highest BCUT2D eigenvalue weighted by molar-refractivity contribution is 7.89. The Balaban J connectivity index is 3.31. The number of carbonyl (C=O) groups is 1. The lowest BCUT2D eigenvalue weighted by Crippen LogP contribution is -2.44. The molecule has 1 aromatic carbocycles. The van der Waals surface area contributed by atoms with Crippen LogP contribution in [0.25, 0.3) is 0 Å². The number of carboxylic acid groups (broad SMARTS) is 1. The minimum absolute atomic E-state index is 0.0556. The number of sulfonamides is 1. The maximum Gasteiger partial charge on any atom is 0.322 e. The number of rotatable bonds is 6. The van der Waals surface area contributed by atoms with Gasteiger partial charge in [0.2, 0.25) is 10.0 Å². The summed E-state index contributed by atoms with van der Waals surface area (Å²) in [7, 11) is -2.61. The van der Waals surface area contributed by atoms with E-state index in [-0.39, 0.29) is 16.6 Å². The van der Waals surface area contributed by atoms with Crippen molar-refractivity contribution in [2.75, 3.05) is 7.11 Å². The van der Waals surface area contributed by atoms with Gasteiger partial charge in [-0.1, -0.05) is 13.8 Å². The van der Waals surface area contributed by atoms with E-state index in [4.69, 9.17) is 9.84 Å². The predicted molar refractivity (Wildman–Crippen MR) is 79.1 cm³/mol. The molecule has 2 N–H and O–H groups in total. The number of benzene rings is 1. The molecule has 21 heavy (non-hydrogen) atoms. The Bertz CT molecular complexity index is 637. The molecule has 1 aromatic rings. The van der Waals surface area contributed by atoms with Crippen LogP contribution in [-0.4, -0.2) is 32.6 Å². The number of aliphatic carboxylic acids is 1. The minimum Gasteiger partial charge on any atom is -0.495 e. The van der Waals surface area contributed by atoms with Gasteiger partial charge in [-0.25, -0.2) is 8.42 Å². The van der Waals surface area contributed by atoms with E-state index in [9.17, 15) is 13.2 Å². The number of methoxy groups -OCH3 is 1. The van der Waals surface area contributed by atoms with Crippen LogP contribution in [0.4, 0.5) is 0 Å². The largest absolute Gasteiger partial charge is 0.495 e. The van der Waals surface area contributed by atoms with Crippen LogP contribution in [0.1, 0.15) is 25.0 Å². The number of carboxylic acids is 1. The fraction of sp³-hybridized carbons (Fsp3) is 0.500. The molecule has 0 unspecified atom stereocenters. The van der Waals surface area contributed by atoms with Gasteiger partial charge in [-0.2, -0.15) is 4.72 Å². The van der Waals surface area contributed by atoms with Crippen molar-refractivity contribution in [2.45, 2.75) is 38.6 Å². The molecule has 0 amide bonds. The van der Waals surface area contributed by atoms with Crippen LogP contribution in [0.2, 0.25) is 0 Å². The van der Waals surface area contributed by atoms with Gasteiger partial charge in [0.1, 0.15) is 16.7 Å². The monoisotopic (exact) mass is 315 g/mol. The molecule has 0 saturated heterocycles. The second-order valence-electron chi connectivity index (χ2n) is 5.27. The van der Waals surface area contributed by atoms with Crippen molar-refractivity contribution < 1.29 is 23.1 Å². The minimum atomic E-state index is -3.99. The van der Waals surface area contributed by atoms with E-state index in [1.165, 1.54) is 13.2 Å². The van der Waals surface area contributed by atoms with Gasteiger partial charge in [0.05, 0.1) is 7.11 Å². The van der Waals surface area contributed by atoms with Gasteiger partial charge >= 0.3 is 5.97 Å². The average Bonchev–Trinajstić information content (AvgIpc) is 2.37. The Morgan fingerprint density at radius 1 is 1.24 bits per heavy atom. The van der Waals surface area contributed by atoms with Gasteiger partial charge in [-0.05, 0) is 43.0 Å². The molecule has 0 aliphatic rings. The zero-order valence-electron chi connectivity index (χ0n) is 12.8. The van der Waals surface area contributed by atoms with Crippen molar-refractivity contribution in [3.05, 3.63) is 23.3 Å². The number of hydrogen-bond donors (Lipinski definition) is 2. The fourth-order valence-corrected chi connectivity index (χ4v) is 3.41. The SMILES string of the molecule is COc1cc(C)c(C)cc1S(=O)(=O)N[C@H](C(=O)O)C(C)C. The quantitative estimate of drug-likeness (QED) is 0.833.